The third kappa shape index (κ3) is 4.50. The highest BCUT2D eigenvalue weighted by atomic mass is 16.5. The van der Waals surface area contributed by atoms with Crippen LogP contribution in [-0.4, -0.2) is 62.4 Å². The molecule has 1 aliphatic heterocycles. The van der Waals surface area contributed by atoms with E-state index in [1.165, 1.54) is 7.11 Å². The van der Waals surface area contributed by atoms with E-state index in [-0.39, 0.29) is 0 Å². The predicted octanol–water partition coefficient (Wildman–Crippen LogP) is 1.86. The van der Waals surface area contributed by atoms with E-state index in [1.807, 2.05) is 24.3 Å². The maximum absolute atomic E-state index is 12.2. The van der Waals surface area contributed by atoms with Crippen LogP contribution in [0.25, 0.3) is 11.1 Å². The molecule has 1 aromatic heterocycles. The molecule has 0 atom stereocenters. The summed E-state index contributed by atoms with van der Waals surface area (Å²) in [4.78, 5) is 18.9. The molecule has 7 heteroatoms. The lowest BCUT2D eigenvalue weighted by atomic mass is 10.1. The third-order valence-electron chi connectivity index (χ3n) is 4.36. The van der Waals surface area contributed by atoms with Gasteiger partial charge in [-0.2, -0.15) is 0 Å². The Hall–Kier alpha value is -2.64. The molecular weight excluding hydrogens is 332 g/mol. The van der Waals surface area contributed by atoms with Crippen molar-refractivity contribution in [2.75, 3.05) is 57.6 Å². The van der Waals surface area contributed by atoms with Crippen molar-refractivity contribution in [3.63, 3.8) is 0 Å². The summed E-state index contributed by atoms with van der Waals surface area (Å²) in [5.74, 6) is 0.118. The summed E-state index contributed by atoms with van der Waals surface area (Å²) in [6, 6.07) is 9.24. The number of nitrogens with two attached hydrogens (primary N) is 1. The van der Waals surface area contributed by atoms with E-state index < -0.39 is 5.97 Å². The predicted molar refractivity (Wildman–Crippen MR) is 101 cm³/mol. The zero-order valence-electron chi connectivity index (χ0n) is 14.9. The topological polar surface area (TPSA) is 89.7 Å². The molecule has 1 fully saturated rings. The fourth-order valence-corrected chi connectivity index (χ4v) is 2.86. The van der Waals surface area contributed by atoms with Crippen LogP contribution in [0, 0.1) is 0 Å². The number of ether oxygens (including phenoxy) is 2. The van der Waals surface area contributed by atoms with Crippen molar-refractivity contribution in [3.8, 4) is 11.1 Å². The molecule has 0 aliphatic carbocycles. The first-order valence-corrected chi connectivity index (χ1v) is 8.65. The first-order valence-electron chi connectivity index (χ1n) is 8.65. The number of rotatable bonds is 6. The van der Waals surface area contributed by atoms with Gasteiger partial charge in [0.1, 0.15) is 11.4 Å². The highest BCUT2D eigenvalue weighted by Gasteiger charge is 2.16. The van der Waals surface area contributed by atoms with Crippen LogP contribution in [0.3, 0.4) is 0 Å². The molecule has 0 radical (unpaired) electrons. The number of pyridine rings is 1. The van der Waals surface area contributed by atoms with Gasteiger partial charge >= 0.3 is 5.97 Å². The van der Waals surface area contributed by atoms with Crippen molar-refractivity contribution in [1.29, 1.82) is 0 Å². The third-order valence-corrected chi connectivity index (χ3v) is 4.36. The molecular formula is C19H24N4O3. The number of esters is 1. The van der Waals surface area contributed by atoms with Gasteiger partial charge in [-0.1, -0.05) is 12.1 Å². The van der Waals surface area contributed by atoms with E-state index in [2.05, 4.69) is 15.2 Å². The average molecular weight is 356 g/mol. The summed E-state index contributed by atoms with van der Waals surface area (Å²) in [6.45, 7) is 4.94. The summed E-state index contributed by atoms with van der Waals surface area (Å²) in [5, 5.41) is 3.25. The van der Waals surface area contributed by atoms with Gasteiger partial charge in [0.05, 0.1) is 20.3 Å². The van der Waals surface area contributed by atoms with Crippen LogP contribution >= 0.6 is 0 Å². The Bertz CT molecular complexity index is 743. The van der Waals surface area contributed by atoms with Gasteiger partial charge in [0.25, 0.3) is 0 Å². The van der Waals surface area contributed by atoms with Crippen LogP contribution in [0.15, 0.2) is 36.5 Å². The molecule has 7 nitrogen and oxygen atoms in total. The van der Waals surface area contributed by atoms with Crippen LogP contribution in [0.1, 0.15) is 10.4 Å². The quantitative estimate of drug-likeness (QED) is 0.603. The Morgan fingerprint density at radius 3 is 2.69 bits per heavy atom. The highest BCUT2D eigenvalue weighted by molar-refractivity contribution is 5.96. The molecule has 1 saturated heterocycles. The van der Waals surface area contributed by atoms with Crippen LogP contribution in [0.4, 0.5) is 11.5 Å². The minimum atomic E-state index is -0.413. The molecule has 0 amide bonds. The minimum Gasteiger partial charge on any atom is -0.465 e. The normalized spacial score (nSPS) is 14.8. The fourth-order valence-electron chi connectivity index (χ4n) is 2.86. The molecule has 26 heavy (non-hydrogen) atoms. The Balaban J connectivity index is 1.73. The van der Waals surface area contributed by atoms with Gasteiger partial charge in [-0.05, 0) is 23.8 Å². The van der Waals surface area contributed by atoms with Gasteiger partial charge in [-0.25, -0.2) is 9.78 Å². The van der Waals surface area contributed by atoms with Gasteiger partial charge in [0.2, 0.25) is 0 Å². The van der Waals surface area contributed by atoms with E-state index in [0.717, 1.165) is 44.0 Å². The minimum absolute atomic E-state index is 0.413. The second-order valence-electron chi connectivity index (χ2n) is 6.11. The van der Waals surface area contributed by atoms with Crippen molar-refractivity contribution in [2.45, 2.75) is 0 Å². The van der Waals surface area contributed by atoms with Gasteiger partial charge in [0.15, 0.2) is 0 Å². The Kier molecular flexibility index (Phi) is 6.04. The van der Waals surface area contributed by atoms with E-state index in [9.17, 15) is 4.79 Å². The average Bonchev–Trinajstić information content (AvgIpc) is 2.69. The summed E-state index contributed by atoms with van der Waals surface area (Å²) in [6.07, 6.45) is 1.75. The number of methoxy groups -OCH3 is 1. The number of nitrogens with zero attached hydrogens (tertiary/aromatic N) is 2. The first kappa shape index (κ1) is 18.2. The largest absolute Gasteiger partial charge is 0.465 e. The monoisotopic (exact) mass is 356 g/mol. The number of aromatic nitrogens is 1. The number of hydrogen-bond acceptors (Lipinski definition) is 7. The molecule has 1 aromatic carbocycles. The molecule has 0 unspecified atom stereocenters. The van der Waals surface area contributed by atoms with Crippen molar-refractivity contribution in [1.82, 2.24) is 9.88 Å². The van der Waals surface area contributed by atoms with E-state index >= 15 is 0 Å². The van der Waals surface area contributed by atoms with Crippen molar-refractivity contribution in [2.24, 2.45) is 0 Å². The smallest absolute Gasteiger partial charge is 0.341 e. The number of anilines is 2. The number of carbonyl (C=O) groups is 1. The molecule has 138 valence electrons. The molecule has 3 N–H and O–H groups in total. The molecule has 0 bridgehead atoms. The van der Waals surface area contributed by atoms with Crippen LogP contribution in [0.5, 0.6) is 0 Å². The molecule has 2 heterocycles. The Morgan fingerprint density at radius 1 is 1.27 bits per heavy atom. The lowest BCUT2D eigenvalue weighted by Gasteiger charge is -2.26. The van der Waals surface area contributed by atoms with Crippen molar-refractivity contribution < 1.29 is 14.3 Å². The van der Waals surface area contributed by atoms with E-state index in [0.29, 0.717) is 23.6 Å². The molecule has 2 aromatic rings. The van der Waals surface area contributed by atoms with Gasteiger partial charge in [-0.3, -0.25) is 4.90 Å². The molecule has 1 aliphatic rings. The molecule has 0 saturated carbocycles. The summed E-state index contributed by atoms with van der Waals surface area (Å²) >= 11 is 0. The number of hydrogen-bond donors (Lipinski definition) is 2. The number of benzene rings is 1. The fraction of sp³-hybridized carbons (Fsp3) is 0.368. The highest BCUT2D eigenvalue weighted by Crippen LogP contribution is 2.24. The van der Waals surface area contributed by atoms with Crippen molar-refractivity contribution in [3.05, 3.63) is 42.1 Å². The Labute approximate surface area is 153 Å². The number of nitrogen functional groups attached to an aromatic ring is 1. The summed E-state index contributed by atoms with van der Waals surface area (Å²) < 4.78 is 10.3. The van der Waals surface area contributed by atoms with Crippen LogP contribution in [0.2, 0.25) is 0 Å². The van der Waals surface area contributed by atoms with Gasteiger partial charge in [0, 0.05) is 43.6 Å². The van der Waals surface area contributed by atoms with E-state index in [4.69, 9.17) is 15.2 Å². The SMILES string of the molecule is COC(=O)c1cc(-c2ccc(N)cc2)cnc1NCCN1CCOCC1. The second-order valence-corrected chi connectivity index (χ2v) is 6.11. The zero-order valence-corrected chi connectivity index (χ0v) is 14.9. The van der Waals surface area contributed by atoms with E-state index in [1.54, 1.807) is 12.3 Å². The number of carbonyl (C=O) groups excluding carboxylic acids is 1. The number of nitrogens with one attached hydrogen (secondary N) is 1. The standard InChI is InChI=1S/C19H24N4O3/c1-25-19(24)17-12-15(14-2-4-16(20)5-3-14)13-22-18(17)21-6-7-23-8-10-26-11-9-23/h2-5,12-13H,6-11,20H2,1H3,(H,21,22). The molecule has 0 spiro atoms. The van der Waals surface area contributed by atoms with Crippen LogP contribution in [-0.2, 0) is 9.47 Å². The zero-order chi connectivity index (χ0) is 18.4. The summed E-state index contributed by atoms with van der Waals surface area (Å²) in [7, 11) is 1.37. The Morgan fingerprint density at radius 2 is 2.00 bits per heavy atom. The van der Waals surface area contributed by atoms with Crippen LogP contribution < -0.4 is 11.1 Å². The maximum atomic E-state index is 12.2. The van der Waals surface area contributed by atoms with Gasteiger partial charge < -0.3 is 20.5 Å². The van der Waals surface area contributed by atoms with Crippen molar-refractivity contribution >= 4 is 17.5 Å². The lowest BCUT2D eigenvalue weighted by Crippen LogP contribution is -2.39. The molecule has 3 rings (SSSR count). The first-order chi connectivity index (χ1) is 12.7. The number of morpholine rings is 1. The maximum Gasteiger partial charge on any atom is 0.341 e. The van der Waals surface area contributed by atoms with Gasteiger partial charge in [-0.15, -0.1) is 0 Å². The lowest BCUT2D eigenvalue weighted by molar-refractivity contribution is 0.0398. The summed E-state index contributed by atoms with van der Waals surface area (Å²) in [5.41, 5.74) is 8.62. The second kappa shape index (κ2) is 8.64.